The maximum absolute atomic E-state index is 9.66. The van der Waals surface area contributed by atoms with Crippen molar-refractivity contribution in [1.29, 1.82) is 0 Å². The molecule has 0 aliphatic carbocycles. The van der Waals surface area contributed by atoms with Crippen molar-refractivity contribution in [3.63, 3.8) is 0 Å². The lowest BCUT2D eigenvalue weighted by atomic mass is 10.1. The van der Waals surface area contributed by atoms with E-state index in [4.69, 9.17) is 0 Å². The second-order valence-electron chi connectivity index (χ2n) is 5.34. The van der Waals surface area contributed by atoms with Crippen molar-refractivity contribution in [2.75, 3.05) is 13.1 Å². The highest BCUT2D eigenvalue weighted by atomic mass is 32.2. The monoisotopic (exact) mass is 265 g/mol. The van der Waals surface area contributed by atoms with Crippen molar-refractivity contribution in [3.05, 3.63) is 29.8 Å². The van der Waals surface area contributed by atoms with Gasteiger partial charge in [-0.2, -0.15) is 0 Å². The third-order valence-electron chi connectivity index (χ3n) is 3.18. The van der Waals surface area contributed by atoms with E-state index in [-0.39, 0.29) is 6.10 Å². The molecule has 0 aromatic heterocycles. The lowest BCUT2D eigenvalue weighted by Crippen LogP contribution is -2.37. The summed E-state index contributed by atoms with van der Waals surface area (Å²) in [5.41, 5.74) is 1.34. The van der Waals surface area contributed by atoms with Gasteiger partial charge in [0.05, 0.1) is 6.10 Å². The van der Waals surface area contributed by atoms with Gasteiger partial charge in [-0.15, -0.1) is 11.8 Å². The Bertz CT molecular complexity index is 363. The van der Waals surface area contributed by atoms with Crippen LogP contribution in [0.4, 0.5) is 0 Å². The van der Waals surface area contributed by atoms with E-state index in [9.17, 15) is 5.11 Å². The summed E-state index contributed by atoms with van der Waals surface area (Å²) in [6.07, 6.45) is 1.94. The van der Waals surface area contributed by atoms with E-state index < -0.39 is 0 Å². The fraction of sp³-hybridized carbons (Fsp3) is 0.600. The molecule has 3 heteroatoms. The van der Waals surface area contributed by atoms with Crippen LogP contribution in [0.25, 0.3) is 0 Å². The molecule has 2 nitrogen and oxygen atoms in total. The Balaban J connectivity index is 1.89. The Morgan fingerprint density at radius 2 is 2.06 bits per heavy atom. The number of benzene rings is 1. The molecule has 1 fully saturated rings. The summed E-state index contributed by atoms with van der Waals surface area (Å²) >= 11 is 1.90. The van der Waals surface area contributed by atoms with Crippen molar-refractivity contribution in [2.24, 2.45) is 0 Å². The quantitative estimate of drug-likeness (QED) is 0.846. The SMILES string of the molecule is CC(C)Sc1ccc(CN2CCCC(O)C2)cc1. The summed E-state index contributed by atoms with van der Waals surface area (Å²) in [7, 11) is 0. The van der Waals surface area contributed by atoms with Gasteiger partial charge in [0.1, 0.15) is 0 Å². The van der Waals surface area contributed by atoms with E-state index in [0.29, 0.717) is 5.25 Å². The van der Waals surface area contributed by atoms with Crippen LogP contribution < -0.4 is 0 Å². The second-order valence-corrected chi connectivity index (χ2v) is 6.99. The zero-order valence-corrected chi connectivity index (χ0v) is 12.1. The van der Waals surface area contributed by atoms with Crippen molar-refractivity contribution in [3.8, 4) is 0 Å². The number of β-amino-alcohol motifs (C(OH)–C–C–N with tert-alkyl or cyclic N) is 1. The van der Waals surface area contributed by atoms with Crippen LogP contribution >= 0.6 is 11.8 Å². The van der Waals surface area contributed by atoms with Crippen LogP contribution in [0.2, 0.25) is 0 Å². The summed E-state index contributed by atoms with van der Waals surface area (Å²) in [6, 6.07) is 8.85. The summed E-state index contributed by atoms with van der Waals surface area (Å²) in [5, 5.41) is 10.3. The molecule has 1 atom stereocenters. The molecule has 1 aromatic carbocycles. The molecule has 1 heterocycles. The van der Waals surface area contributed by atoms with Crippen LogP contribution in [-0.4, -0.2) is 34.4 Å². The Morgan fingerprint density at radius 1 is 1.33 bits per heavy atom. The van der Waals surface area contributed by atoms with Gasteiger partial charge in [0.25, 0.3) is 0 Å². The first-order valence-electron chi connectivity index (χ1n) is 6.79. The first kappa shape index (κ1) is 13.9. The summed E-state index contributed by atoms with van der Waals surface area (Å²) in [5.74, 6) is 0. The molecule has 1 unspecified atom stereocenters. The minimum atomic E-state index is -0.130. The fourth-order valence-corrected chi connectivity index (χ4v) is 3.22. The average molecular weight is 265 g/mol. The van der Waals surface area contributed by atoms with E-state index in [1.54, 1.807) is 0 Å². The van der Waals surface area contributed by atoms with Crippen LogP contribution in [0.5, 0.6) is 0 Å². The van der Waals surface area contributed by atoms with Crippen LogP contribution in [0.15, 0.2) is 29.2 Å². The summed E-state index contributed by atoms with van der Waals surface area (Å²) < 4.78 is 0. The van der Waals surface area contributed by atoms with Crippen LogP contribution in [0.3, 0.4) is 0 Å². The molecule has 1 saturated heterocycles. The summed E-state index contributed by atoms with van der Waals surface area (Å²) in [6.45, 7) is 7.33. The highest BCUT2D eigenvalue weighted by Crippen LogP contribution is 2.23. The second kappa shape index (κ2) is 6.60. The topological polar surface area (TPSA) is 23.5 Å². The Labute approximate surface area is 114 Å². The smallest absolute Gasteiger partial charge is 0.0667 e. The standard InChI is InChI=1S/C15H23NOS/c1-12(2)18-15-7-5-13(6-8-15)10-16-9-3-4-14(17)11-16/h5-8,12,14,17H,3-4,9-11H2,1-2H3. The molecule has 0 saturated carbocycles. The van der Waals surface area contributed by atoms with Gasteiger partial charge >= 0.3 is 0 Å². The van der Waals surface area contributed by atoms with Crippen molar-refractivity contribution in [1.82, 2.24) is 4.90 Å². The number of hydrogen-bond acceptors (Lipinski definition) is 3. The van der Waals surface area contributed by atoms with Gasteiger partial charge in [-0.1, -0.05) is 26.0 Å². The lowest BCUT2D eigenvalue weighted by Gasteiger charge is -2.29. The molecule has 0 radical (unpaired) electrons. The number of hydrogen-bond donors (Lipinski definition) is 1. The van der Waals surface area contributed by atoms with Gasteiger partial charge in [0.2, 0.25) is 0 Å². The fourth-order valence-electron chi connectivity index (χ4n) is 2.38. The van der Waals surface area contributed by atoms with Crippen LogP contribution in [0, 0.1) is 0 Å². The normalized spacial score (nSPS) is 21.4. The number of piperidine rings is 1. The minimum absolute atomic E-state index is 0.130. The maximum Gasteiger partial charge on any atom is 0.0667 e. The molecule has 100 valence electrons. The van der Waals surface area contributed by atoms with Gasteiger partial charge in [-0.3, -0.25) is 4.90 Å². The van der Waals surface area contributed by atoms with E-state index in [2.05, 4.69) is 43.0 Å². The largest absolute Gasteiger partial charge is 0.392 e. The number of nitrogens with zero attached hydrogens (tertiary/aromatic N) is 1. The van der Waals surface area contributed by atoms with Gasteiger partial charge in [0.15, 0.2) is 0 Å². The molecule has 1 aliphatic rings. The van der Waals surface area contributed by atoms with E-state index in [1.165, 1.54) is 10.5 Å². The Hall–Kier alpha value is -0.510. The number of aliphatic hydroxyl groups excluding tert-OH is 1. The van der Waals surface area contributed by atoms with Crippen molar-refractivity contribution in [2.45, 2.75) is 49.5 Å². The maximum atomic E-state index is 9.66. The first-order chi connectivity index (χ1) is 8.63. The van der Waals surface area contributed by atoms with Crippen LogP contribution in [0.1, 0.15) is 32.3 Å². The lowest BCUT2D eigenvalue weighted by molar-refractivity contribution is 0.0668. The number of likely N-dealkylation sites (tertiary alicyclic amines) is 1. The third-order valence-corrected chi connectivity index (χ3v) is 4.20. The zero-order chi connectivity index (χ0) is 13.0. The predicted molar refractivity (Wildman–Crippen MR) is 78.0 cm³/mol. The van der Waals surface area contributed by atoms with E-state index in [1.807, 2.05) is 11.8 Å². The molecule has 18 heavy (non-hydrogen) atoms. The van der Waals surface area contributed by atoms with Gasteiger partial charge in [-0.25, -0.2) is 0 Å². The Kier molecular flexibility index (Phi) is 5.10. The van der Waals surface area contributed by atoms with Crippen molar-refractivity contribution >= 4 is 11.8 Å². The molecule has 1 N–H and O–H groups in total. The molecular weight excluding hydrogens is 242 g/mol. The van der Waals surface area contributed by atoms with Gasteiger partial charge in [-0.05, 0) is 37.1 Å². The molecule has 0 spiro atoms. The summed E-state index contributed by atoms with van der Waals surface area (Å²) in [4.78, 5) is 3.69. The van der Waals surface area contributed by atoms with E-state index >= 15 is 0 Å². The predicted octanol–water partition coefficient (Wildman–Crippen LogP) is 3.14. The number of rotatable bonds is 4. The molecule has 2 rings (SSSR count). The molecule has 0 amide bonds. The third kappa shape index (κ3) is 4.30. The number of thioether (sulfide) groups is 1. The number of aliphatic hydroxyl groups is 1. The van der Waals surface area contributed by atoms with E-state index in [0.717, 1.165) is 32.5 Å². The van der Waals surface area contributed by atoms with Crippen molar-refractivity contribution < 1.29 is 5.11 Å². The zero-order valence-electron chi connectivity index (χ0n) is 11.3. The minimum Gasteiger partial charge on any atom is -0.392 e. The first-order valence-corrected chi connectivity index (χ1v) is 7.67. The van der Waals surface area contributed by atoms with Gasteiger partial charge in [0, 0.05) is 23.2 Å². The molecule has 1 aromatic rings. The molecule has 0 bridgehead atoms. The highest BCUT2D eigenvalue weighted by molar-refractivity contribution is 7.99. The van der Waals surface area contributed by atoms with Crippen LogP contribution in [-0.2, 0) is 6.54 Å². The van der Waals surface area contributed by atoms with Gasteiger partial charge < -0.3 is 5.11 Å². The Morgan fingerprint density at radius 3 is 2.67 bits per heavy atom. The highest BCUT2D eigenvalue weighted by Gasteiger charge is 2.17. The molecule has 1 aliphatic heterocycles. The molecular formula is C15H23NOS. The average Bonchev–Trinajstić information content (AvgIpc) is 2.31.